The molecule has 1 aliphatic rings. The molecule has 0 bridgehead atoms. The number of cyclic esters (lactones) is 1. The number of esters is 1. The Morgan fingerprint density at radius 2 is 1.67 bits per heavy atom. The van der Waals surface area contributed by atoms with Gasteiger partial charge < -0.3 is 14.9 Å². The maximum Gasteiger partial charge on any atom is 0.309 e. The minimum Gasteiger partial charge on any atom is -0.457 e. The van der Waals surface area contributed by atoms with Crippen LogP contribution in [0, 0.1) is 17.8 Å². The largest absolute Gasteiger partial charge is 0.457 e. The standard InChI is InChI=1S/C25H36O5/c1-16-9-8-10-17(2)24(28)19(4)25(29)18(3)21(26)15-23(27)30-22(14-13-16)20-11-6-5-7-12-20/h5-7,11-13,17-19,21-22,24,26,28H,8-10,14-15H2,1-4H3/b16-13-/t17-,18+,19+,21-,22-,24?/m0/s1. The topological polar surface area (TPSA) is 83.8 Å². The molecule has 0 spiro atoms. The Bertz CT molecular complexity index is 726. The van der Waals surface area contributed by atoms with E-state index in [1.54, 1.807) is 13.8 Å². The lowest BCUT2D eigenvalue weighted by Gasteiger charge is -2.28. The van der Waals surface area contributed by atoms with E-state index in [0.717, 1.165) is 24.8 Å². The van der Waals surface area contributed by atoms with Gasteiger partial charge in [0.25, 0.3) is 0 Å². The average Bonchev–Trinajstić information content (AvgIpc) is 2.74. The van der Waals surface area contributed by atoms with Crippen LogP contribution in [0.4, 0.5) is 0 Å². The normalized spacial score (nSPS) is 34.7. The Hall–Kier alpha value is -1.98. The van der Waals surface area contributed by atoms with Crippen molar-refractivity contribution in [2.75, 3.05) is 0 Å². The van der Waals surface area contributed by atoms with Gasteiger partial charge in [-0.3, -0.25) is 9.59 Å². The van der Waals surface area contributed by atoms with Crippen LogP contribution in [0.1, 0.15) is 71.5 Å². The summed E-state index contributed by atoms with van der Waals surface area (Å²) in [6, 6.07) is 9.57. The minimum atomic E-state index is -1.14. The fourth-order valence-electron chi connectivity index (χ4n) is 4.02. The van der Waals surface area contributed by atoms with Gasteiger partial charge in [-0.25, -0.2) is 0 Å². The van der Waals surface area contributed by atoms with Crippen LogP contribution >= 0.6 is 0 Å². The molecule has 0 aromatic heterocycles. The predicted octanol–water partition coefficient (Wildman–Crippen LogP) is 4.38. The molecule has 0 saturated carbocycles. The highest BCUT2D eigenvalue weighted by molar-refractivity contribution is 5.84. The van der Waals surface area contributed by atoms with Crippen molar-refractivity contribution in [3.63, 3.8) is 0 Å². The quantitative estimate of drug-likeness (QED) is 0.524. The van der Waals surface area contributed by atoms with Gasteiger partial charge in [-0.2, -0.15) is 0 Å². The minimum absolute atomic E-state index is 0.0176. The van der Waals surface area contributed by atoms with Gasteiger partial charge in [0.15, 0.2) is 0 Å². The Kier molecular flexibility index (Phi) is 9.25. The van der Waals surface area contributed by atoms with E-state index in [9.17, 15) is 19.8 Å². The molecule has 1 aromatic carbocycles. The number of aliphatic hydroxyl groups is 2. The second kappa shape index (κ2) is 11.4. The zero-order valence-electron chi connectivity index (χ0n) is 18.6. The number of carbonyl (C=O) groups excluding carboxylic acids is 2. The van der Waals surface area contributed by atoms with E-state index in [2.05, 4.69) is 13.0 Å². The second-order valence-corrected chi connectivity index (χ2v) is 8.79. The summed E-state index contributed by atoms with van der Waals surface area (Å²) in [5, 5.41) is 21.1. The van der Waals surface area contributed by atoms with Crippen molar-refractivity contribution in [3.05, 3.63) is 47.5 Å². The molecule has 1 heterocycles. The van der Waals surface area contributed by atoms with E-state index in [0.29, 0.717) is 6.42 Å². The molecule has 6 atom stereocenters. The van der Waals surface area contributed by atoms with E-state index in [-0.39, 0.29) is 18.1 Å². The number of ketones is 1. The van der Waals surface area contributed by atoms with Gasteiger partial charge in [0.1, 0.15) is 11.9 Å². The Morgan fingerprint density at radius 3 is 2.33 bits per heavy atom. The highest BCUT2D eigenvalue weighted by atomic mass is 16.5. The van der Waals surface area contributed by atoms with E-state index < -0.39 is 36.1 Å². The van der Waals surface area contributed by atoms with Gasteiger partial charge in [-0.1, -0.05) is 62.8 Å². The molecule has 166 valence electrons. The average molecular weight is 417 g/mol. The van der Waals surface area contributed by atoms with Crippen molar-refractivity contribution in [1.29, 1.82) is 0 Å². The number of aliphatic hydroxyl groups excluding tert-OH is 2. The van der Waals surface area contributed by atoms with Crippen LogP contribution < -0.4 is 0 Å². The summed E-state index contributed by atoms with van der Waals surface area (Å²) in [5.74, 6) is -2.12. The molecule has 5 nitrogen and oxygen atoms in total. The van der Waals surface area contributed by atoms with Crippen molar-refractivity contribution in [3.8, 4) is 0 Å². The first-order chi connectivity index (χ1) is 14.2. The molecular weight excluding hydrogens is 380 g/mol. The zero-order valence-corrected chi connectivity index (χ0v) is 18.6. The SMILES string of the molecule is C/C1=C/C[C@@H](c2ccccc2)OC(=O)C[C@H](O)[C@@H](C)C(=O)[C@H](C)C(O)[C@@H](C)CCC1. The molecule has 5 heteroatoms. The summed E-state index contributed by atoms with van der Waals surface area (Å²) >= 11 is 0. The Labute approximate surface area is 180 Å². The molecule has 1 unspecified atom stereocenters. The molecule has 30 heavy (non-hydrogen) atoms. The van der Waals surface area contributed by atoms with Gasteiger partial charge in [0.05, 0.1) is 18.6 Å². The van der Waals surface area contributed by atoms with Crippen molar-refractivity contribution in [2.45, 2.75) is 78.1 Å². The summed E-state index contributed by atoms with van der Waals surface area (Å²) in [6.07, 6.45) is 2.69. The molecular formula is C25H36O5. The summed E-state index contributed by atoms with van der Waals surface area (Å²) in [6.45, 7) is 7.33. The molecule has 1 aliphatic heterocycles. The number of hydrogen-bond donors (Lipinski definition) is 2. The van der Waals surface area contributed by atoms with Crippen LogP contribution in [0.15, 0.2) is 42.0 Å². The first-order valence-electron chi connectivity index (χ1n) is 11.0. The van der Waals surface area contributed by atoms with Crippen molar-refractivity contribution in [1.82, 2.24) is 0 Å². The third-order valence-electron chi connectivity index (χ3n) is 6.30. The Morgan fingerprint density at radius 1 is 1.00 bits per heavy atom. The highest BCUT2D eigenvalue weighted by Gasteiger charge is 2.34. The summed E-state index contributed by atoms with van der Waals surface area (Å²) in [5.41, 5.74) is 2.11. The number of hydrogen-bond acceptors (Lipinski definition) is 5. The maximum absolute atomic E-state index is 12.8. The fourth-order valence-corrected chi connectivity index (χ4v) is 4.02. The monoisotopic (exact) mass is 416 g/mol. The summed E-state index contributed by atoms with van der Waals surface area (Å²) in [4.78, 5) is 25.3. The molecule has 2 rings (SSSR count). The summed E-state index contributed by atoms with van der Waals surface area (Å²) < 4.78 is 5.70. The van der Waals surface area contributed by atoms with E-state index in [4.69, 9.17) is 4.74 Å². The lowest BCUT2D eigenvalue weighted by atomic mass is 9.81. The van der Waals surface area contributed by atoms with Crippen LogP contribution in [0.2, 0.25) is 0 Å². The van der Waals surface area contributed by atoms with Gasteiger partial charge in [-0.15, -0.1) is 0 Å². The molecule has 0 saturated heterocycles. The van der Waals surface area contributed by atoms with E-state index in [1.807, 2.05) is 37.3 Å². The van der Waals surface area contributed by atoms with Crippen molar-refractivity contribution < 1.29 is 24.5 Å². The van der Waals surface area contributed by atoms with Crippen LogP contribution in [0.25, 0.3) is 0 Å². The number of benzene rings is 1. The number of rotatable bonds is 1. The van der Waals surface area contributed by atoms with E-state index in [1.165, 1.54) is 5.57 Å². The molecule has 0 amide bonds. The van der Waals surface area contributed by atoms with Crippen LogP contribution in [-0.4, -0.2) is 34.2 Å². The first kappa shape index (κ1) is 24.3. The lowest BCUT2D eigenvalue weighted by molar-refractivity contribution is -0.153. The van der Waals surface area contributed by atoms with E-state index >= 15 is 0 Å². The van der Waals surface area contributed by atoms with Gasteiger partial charge in [0.2, 0.25) is 0 Å². The smallest absolute Gasteiger partial charge is 0.309 e. The molecule has 0 fully saturated rings. The van der Waals surface area contributed by atoms with Gasteiger partial charge >= 0.3 is 5.97 Å². The fraction of sp³-hybridized carbons (Fsp3) is 0.600. The number of carbonyl (C=O) groups is 2. The summed E-state index contributed by atoms with van der Waals surface area (Å²) in [7, 11) is 0. The molecule has 0 aliphatic carbocycles. The number of Topliss-reactive ketones (excluding diaryl/α,β-unsaturated/α-hetero) is 1. The highest BCUT2D eigenvalue weighted by Crippen LogP contribution is 2.27. The van der Waals surface area contributed by atoms with Crippen LogP contribution in [-0.2, 0) is 14.3 Å². The number of ether oxygens (including phenoxy) is 1. The van der Waals surface area contributed by atoms with Gasteiger partial charge in [-0.05, 0) is 37.7 Å². The van der Waals surface area contributed by atoms with Crippen LogP contribution in [0.3, 0.4) is 0 Å². The Balaban J connectivity index is 2.25. The molecule has 2 N–H and O–H groups in total. The van der Waals surface area contributed by atoms with Crippen molar-refractivity contribution >= 4 is 11.8 Å². The van der Waals surface area contributed by atoms with Crippen molar-refractivity contribution in [2.24, 2.45) is 17.8 Å². The first-order valence-corrected chi connectivity index (χ1v) is 11.0. The van der Waals surface area contributed by atoms with Gasteiger partial charge in [0, 0.05) is 18.3 Å². The maximum atomic E-state index is 12.8. The third kappa shape index (κ3) is 6.78. The van der Waals surface area contributed by atoms with Crippen LogP contribution in [0.5, 0.6) is 0 Å². The second-order valence-electron chi connectivity index (χ2n) is 8.79. The zero-order chi connectivity index (χ0) is 22.3. The molecule has 0 radical (unpaired) electrons. The lowest BCUT2D eigenvalue weighted by Crippen LogP contribution is -2.38. The predicted molar refractivity (Wildman–Crippen MR) is 117 cm³/mol. The molecule has 1 aromatic rings. The number of allylic oxidation sites excluding steroid dienone is 1. The third-order valence-corrected chi connectivity index (χ3v) is 6.30.